The van der Waals surface area contributed by atoms with Gasteiger partial charge >= 0.3 is 12.1 Å². The number of rotatable bonds is 1. The lowest BCUT2D eigenvalue weighted by atomic mass is 9.93. The molecule has 2 aliphatic rings. The minimum Gasteiger partial charge on any atom is -0.467 e. The fraction of sp³-hybridized carbons (Fsp3) is 0.846. The molecule has 1 amide bonds. The van der Waals surface area contributed by atoms with Crippen LogP contribution in [0.4, 0.5) is 4.79 Å². The van der Waals surface area contributed by atoms with Crippen molar-refractivity contribution >= 4 is 12.1 Å². The van der Waals surface area contributed by atoms with Gasteiger partial charge in [0.2, 0.25) is 0 Å². The van der Waals surface area contributed by atoms with E-state index in [0.29, 0.717) is 13.2 Å². The average Bonchev–Trinajstić information content (AvgIpc) is 2.99. The molecule has 2 aliphatic heterocycles. The second-order valence-electron chi connectivity index (χ2n) is 6.22. The highest BCUT2D eigenvalue weighted by Gasteiger charge is 2.63. The largest absolute Gasteiger partial charge is 0.467 e. The Bertz CT molecular complexity index is 396. The van der Waals surface area contributed by atoms with Crippen molar-refractivity contribution in [3.63, 3.8) is 0 Å². The second kappa shape index (κ2) is 4.37. The Morgan fingerprint density at radius 2 is 1.95 bits per heavy atom. The van der Waals surface area contributed by atoms with Gasteiger partial charge in [-0.3, -0.25) is 4.90 Å². The van der Waals surface area contributed by atoms with Gasteiger partial charge in [-0.05, 0) is 20.8 Å². The normalized spacial score (nSPS) is 33.4. The molecule has 3 atom stereocenters. The van der Waals surface area contributed by atoms with Gasteiger partial charge in [-0.25, -0.2) is 9.59 Å². The molecule has 2 saturated heterocycles. The Hall–Kier alpha value is -1.30. The summed E-state index contributed by atoms with van der Waals surface area (Å²) in [6.07, 6.45) is -0.498. The predicted molar refractivity (Wildman–Crippen MR) is 66.6 cm³/mol. The van der Waals surface area contributed by atoms with Crippen LogP contribution in [0.1, 0.15) is 27.7 Å². The Balaban J connectivity index is 2.18. The van der Waals surface area contributed by atoms with Gasteiger partial charge in [0.25, 0.3) is 0 Å². The number of amides is 1. The first kappa shape index (κ1) is 14.1. The van der Waals surface area contributed by atoms with E-state index in [1.807, 2.05) is 6.92 Å². The van der Waals surface area contributed by atoms with E-state index in [1.54, 1.807) is 20.8 Å². The van der Waals surface area contributed by atoms with Crippen LogP contribution in [0.25, 0.3) is 0 Å². The quantitative estimate of drug-likeness (QED) is 0.529. The lowest BCUT2D eigenvalue weighted by Gasteiger charge is -2.28. The predicted octanol–water partition coefficient (Wildman–Crippen LogP) is 1.18. The molecular weight excluding hydrogens is 250 g/mol. The molecule has 108 valence electrons. The summed E-state index contributed by atoms with van der Waals surface area (Å²) in [5.74, 6) is -0.516. The summed E-state index contributed by atoms with van der Waals surface area (Å²) in [6.45, 7) is 8.23. The Labute approximate surface area is 113 Å². The summed E-state index contributed by atoms with van der Waals surface area (Å²) in [6, 6.07) is -0.637. The molecule has 19 heavy (non-hydrogen) atoms. The Morgan fingerprint density at radius 1 is 1.37 bits per heavy atom. The Kier molecular flexibility index (Phi) is 3.24. The van der Waals surface area contributed by atoms with Gasteiger partial charge in [-0.2, -0.15) is 0 Å². The number of ether oxygens (including phenoxy) is 3. The molecule has 3 unspecified atom stereocenters. The number of nitrogens with zero attached hydrogens (tertiary/aromatic N) is 1. The minimum absolute atomic E-state index is 0.0903. The molecule has 2 rings (SSSR count). The van der Waals surface area contributed by atoms with E-state index < -0.39 is 29.3 Å². The van der Waals surface area contributed by atoms with Gasteiger partial charge in [0.15, 0.2) is 0 Å². The molecule has 1 spiro atoms. The van der Waals surface area contributed by atoms with Crippen LogP contribution >= 0.6 is 0 Å². The fourth-order valence-corrected chi connectivity index (χ4v) is 2.49. The van der Waals surface area contributed by atoms with E-state index in [9.17, 15) is 9.59 Å². The molecular formula is C13H21NO5. The van der Waals surface area contributed by atoms with Crippen molar-refractivity contribution in [3.05, 3.63) is 0 Å². The van der Waals surface area contributed by atoms with Crippen molar-refractivity contribution in [2.75, 3.05) is 20.3 Å². The number of hydrogen-bond donors (Lipinski definition) is 0. The number of methoxy groups -OCH3 is 1. The third-order valence-corrected chi connectivity index (χ3v) is 3.66. The molecule has 0 saturated carbocycles. The molecule has 0 N–H and O–H groups in total. The van der Waals surface area contributed by atoms with Crippen molar-refractivity contribution in [1.29, 1.82) is 0 Å². The van der Waals surface area contributed by atoms with Crippen LogP contribution in [0.3, 0.4) is 0 Å². The zero-order valence-corrected chi connectivity index (χ0v) is 12.1. The zero-order chi connectivity index (χ0) is 14.4. The monoisotopic (exact) mass is 271 g/mol. The van der Waals surface area contributed by atoms with Crippen molar-refractivity contribution in [2.45, 2.75) is 44.9 Å². The SMILES string of the molecule is COC(=O)C1C(C)C2(CO2)CN1C(=O)OC(C)(C)C. The van der Waals surface area contributed by atoms with Gasteiger partial charge in [0, 0.05) is 5.92 Å². The maximum atomic E-state index is 12.2. The fourth-order valence-electron chi connectivity index (χ4n) is 2.49. The highest BCUT2D eigenvalue weighted by Crippen LogP contribution is 2.45. The molecule has 0 aromatic rings. The zero-order valence-electron chi connectivity index (χ0n) is 12.1. The topological polar surface area (TPSA) is 68.4 Å². The molecule has 0 aromatic carbocycles. The van der Waals surface area contributed by atoms with Gasteiger partial charge in [0.1, 0.15) is 17.2 Å². The number of epoxide rings is 1. The highest BCUT2D eigenvalue weighted by molar-refractivity contribution is 5.83. The lowest BCUT2D eigenvalue weighted by Crippen LogP contribution is -2.45. The molecule has 6 heteroatoms. The molecule has 0 aromatic heterocycles. The third kappa shape index (κ3) is 2.54. The van der Waals surface area contributed by atoms with Gasteiger partial charge in [-0.1, -0.05) is 6.92 Å². The standard InChI is InChI=1S/C13H21NO5/c1-8-9(10(15)17-5)14(6-13(8)7-18-13)11(16)19-12(2,3)4/h8-9H,6-7H2,1-5H3. The number of esters is 1. The van der Waals surface area contributed by atoms with Gasteiger partial charge in [0.05, 0.1) is 20.3 Å². The van der Waals surface area contributed by atoms with Gasteiger partial charge in [-0.15, -0.1) is 0 Å². The summed E-state index contributed by atoms with van der Waals surface area (Å²) in [4.78, 5) is 25.5. The second-order valence-corrected chi connectivity index (χ2v) is 6.22. The van der Waals surface area contributed by atoms with Crippen molar-refractivity contribution in [2.24, 2.45) is 5.92 Å². The molecule has 6 nitrogen and oxygen atoms in total. The van der Waals surface area contributed by atoms with Crippen LogP contribution in [0.2, 0.25) is 0 Å². The Morgan fingerprint density at radius 3 is 2.37 bits per heavy atom. The van der Waals surface area contributed by atoms with Crippen LogP contribution < -0.4 is 0 Å². The van der Waals surface area contributed by atoms with E-state index in [0.717, 1.165) is 0 Å². The first-order valence-corrected chi connectivity index (χ1v) is 6.41. The number of hydrogen-bond acceptors (Lipinski definition) is 5. The van der Waals surface area contributed by atoms with Gasteiger partial charge < -0.3 is 14.2 Å². The third-order valence-electron chi connectivity index (χ3n) is 3.66. The van der Waals surface area contributed by atoms with E-state index >= 15 is 0 Å². The first-order chi connectivity index (χ1) is 8.70. The van der Waals surface area contributed by atoms with E-state index in [1.165, 1.54) is 12.0 Å². The van der Waals surface area contributed by atoms with E-state index in [4.69, 9.17) is 14.2 Å². The van der Waals surface area contributed by atoms with Crippen molar-refractivity contribution in [3.8, 4) is 0 Å². The average molecular weight is 271 g/mol. The van der Waals surface area contributed by atoms with E-state index in [2.05, 4.69) is 0 Å². The van der Waals surface area contributed by atoms with Crippen molar-refractivity contribution in [1.82, 2.24) is 4.90 Å². The van der Waals surface area contributed by atoms with Crippen LogP contribution in [0.15, 0.2) is 0 Å². The van der Waals surface area contributed by atoms with Crippen molar-refractivity contribution < 1.29 is 23.8 Å². The maximum absolute atomic E-state index is 12.2. The van der Waals surface area contributed by atoms with Crippen LogP contribution in [0.5, 0.6) is 0 Å². The summed E-state index contributed by atoms with van der Waals surface area (Å²) in [5, 5.41) is 0. The first-order valence-electron chi connectivity index (χ1n) is 6.41. The molecule has 2 heterocycles. The van der Waals surface area contributed by atoms with E-state index in [-0.39, 0.29) is 5.92 Å². The molecule has 0 bridgehead atoms. The maximum Gasteiger partial charge on any atom is 0.411 e. The molecule has 0 radical (unpaired) electrons. The molecule has 0 aliphatic carbocycles. The van der Waals surface area contributed by atoms with Crippen LogP contribution in [-0.2, 0) is 19.0 Å². The highest BCUT2D eigenvalue weighted by atomic mass is 16.6. The smallest absolute Gasteiger partial charge is 0.411 e. The summed E-state index contributed by atoms with van der Waals surface area (Å²) >= 11 is 0. The summed E-state index contributed by atoms with van der Waals surface area (Å²) in [7, 11) is 1.32. The number of carbonyl (C=O) groups excluding carboxylic acids is 2. The number of likely N-dealkylation sites (tertiary alicyclic amines) is 1. The minimum atomic E-state index is -0.637. The summed E-state index contributed by atoms with van der Waals surface area (Å²) < 4.78 is 15.6. The lowest BCUT2D eigenvalue weighted by molar-refractivity contribution is -0.147. The van der Waals surface area contributed by atoms with Crippen LogP contribution in [-0.4, -0.2) is 54.5 Å². The number of carbonyl (C=O) groups is 2. The summed E-state index contributed by atoms with van der Waals surface area (Å²) in [5.41, 5.74) is -0.989. The van der Waals surface area contributed by atoms with Crippen LogP contribution in [0, 0.1) is 5.92 Å². The molecule has 2 fully saturated rings.